The van der Waals surface area contributed by atoms with E-state index < -0.39 is 64.6 Å². The Labute approximate surface area is 779 Å². The van der Waals surface area contributed by atoms with Crippen molar-refractivity contribution in [3.8, 4) is 29.3 Å². The van der Waals surface area contributed by atoms with E-state index in [0.717, 1.165) is 11.4 Å². The quantitative estimate of drug-likeness (QED) is 0.0295. The number of alkyl halides is 2. The zero-order chi connectivity index (χ0) is 97.5. The molecule has 19 rings (SSSR count). The van der Waals surface area contributed by atoms with E-state index in [4.69, 9.17) is 5.26 Å². The first-order chi connectivity index (χ1) is 66.4. The van der Waals surface area contributed by atoms with Crippen molar-refractivity contribution in [2.75, 3.05) is 83.9 Å². The standard InChI is InChI=1S/C24H27N9O3.C23H24N10O3.2C21H20FN9O2/c1-24(2)17(6-7-18(24)34)30-22(35)16-12-28-21-15(25-3)11-19(31-33(16)21)29-14-5-4-10-32(23(14)36)20-13-26-8-9-27-20;1-23(2,13-34)12-28-21(35)17-10-27-20-16(25-3)7-18(31-33(17)20)30-15-5-4-6-32(22(15)36)19-11-26-9-14(8-24)29-19;2*1-11-5-6-18(28-27-11)30-7-3-4-13(21(30)33)25-17-9-15(23-2)19-24-10-16(31(19)29-17)20(32)26-14-8-12(14)22/h4-5,8-13,17-18,25,34H,6-7H2,1-3H3,(H,29,31)(H,30,35);4-7,9-11,25,34H,12-13H2,1-3H3,(H,28,35)(H,30,31);2*3-7,9-10,12,14,23H,8H2,1-2H3,(H,25,29)(H,26,32)/t;;2*12-,14+/m..00/s1. The lowest BCUT2D eigenvalue weighted by Crippen LogP contribution is -2.45. The molecule has 3 aliphatic carbocycles. The van der Waals surface area contributed by atoms with E-state index in [-0.39, 0.29) is 105 Å². The zero-order valence-electron chi connectivity index (χ0n) is 75.5. The van der Waals surface area contributed by atoms with E-state index in [0.29, 0.717) is 106 Å². The van der Waals surface area contributed by atoms with Crippen LogP contribution in [-0.4, -0.2) is 229 Å². The van der Waals surface area contributed by atoms with Crippen LogP contribution in [0.3, 0.4) is 0 Å². The highest BCUT2D eigenvalue weighted by molar-refractivity contribution is 5.97. The number of aliphatic hydroxyl groups excluding tert-OH is 2. The largest absolute Gasteiger partial charge is 0.396 e. The monoisotopic (exact) mass is 1880 g/mol. The summed E-state index contributed by atoms with van der Waals surface area (Å²) in [5.74, 6) is 0.878. The van der Waals surface area contributed by atoms with Crippen molar-refractivity contribution in [2.24, 2.45) is 10.8 Å². The maximum atomic E-state index is 13.2. The molecule has 3 aliphatic rings. The Bertz CT molecular complexity index is 7410. The minimum Gasteiger partial charge on any atom is -0.396 e. The Morgan fingerprint density at radius 1 is 0.464 bits per heavy atom. The Balaban J connectivity index is 0.000000133. The topological polar surface area (TPSA) is 589 Å². The summed E-state index contributed by atoms with van der Waals surface area (Å²) in [5.41, 5.74) is 4.92. The molecule has 0 saturated heterocycles. The van der Waals surface area contributed by atoms with Gasteiger partial charge in [-0.2, -0.15) is 15.5 Å². The van der Waals surface area contributed by atoms with Crippen molar-refractivity contribution < 1.29 is 38.2 Å². The molecular weight excluding hydrogens is 1790 g/mol. The molecule has 49 heteroatoms. The van der Waals surface area contributed by atoms with Crippen molar-refractivity contribution in [1.82, 2.24) is 138 Å². The molecule has 0 aromatic carbocycles. The normalized spacial score (nSPS) is 16.0. The fourth-order valence-electron chi connectivity index (χ4n) is 14.5. The molecule has 0 radical (unpaired) electrons. The lowest BCUT2D eigenvalue weighted by atomic mass is 9.85. The number of amides is 4. The first kappa shape index (κ1) is 93.4. The summed E-state index contributed by atoms with van der Waals surface area (Å²) in [6.07, 6.45) is 18.5. The predicted octanol–water partition coefficient (Wildman–Crippen LogP) is 6.02. The molecule has 14 N–H and O–H groups in total. The number of nitriles is 1. The van der Waals surface area contributed by atoms with Gasteiger partial charge in [0.15, 0.2) is 97.6 Å². The van der Waals surface area contributed by atoms with Gasteiger partial charge < -0.3 is 74.0 Å². The van der Waals surface area contributed by atoms with Gasteiger partial charge in [0, 0.05) is 133 Å². The highest BCUT2D eigenvalue weighted by atomic mass is 19.1. The number of imidazole rings is 4. The molecule has 0 aliphatic heterocycles. The van der Waals surface area contributed by atoms with E-state index in [2.05, 4.69) is 144 Å². The van der Waals surface area contributed by atoms with Gasteiger partial charge in [-0.1, -0.05) is 27.7 Å². The number of nitrogens with one attached hydrogen (secondary N) is 12. The third-order valence-corrected chi connectivity index (χ3v) is 22.6. The van der Waals surface area contributed by atoms with Crippen molar-refractivity contribution >= 4 is 115 Å². The van der Waals surface area contributed by atoms with Gasteiger partial charge in [-0.05, 0) is 99.5 Å². The van der Waals surface area contributed by atoms with Gasteiger partial charge in [0.1, 0.15) is 41.2 Å². The first-order valence-electron chi connectivity index (χ1n) is 43.0. The lowest BCUT2D eigenvalue weighted by Gasteiger charge is -2.30. The summed E-state index contributed by atoms with van der Waals surface area (Å²) in [7, 11) is 6.85. The van der Waals surface area contributed by atoms with Crippen molar-refractivity contribution in [3.63, 3.8) is 0 Å². The summed E-state index contributed by atoms with van der Waals surface area (Å²) in [6, 6.07) is 27.6. The van der Waals surface area contributed by atoms with Crippen LogP contribution < -0.4 is 86.0 Å². The Hall–Kier alpha value is -17.9. The average molecular weight is 1880 g/mol. The number of fused-ring (bicyclic) bond motifs is 4. The van der Waals surface area contributed by atoms with Crippen LogP contribution in [0.25, 0.3) is 45.9 Å². The van der Waals surface area contributed by atoms with Crippen LogP contribution in [0.1, 0.15) is 112 Å². The van der Waals surface area contributed by atoms with Gasteiger partial charge in [0.05, 0.1) is 95.7 Å². The molecule has 4 amide bonds. The smallest absolute Gasteiger partial charge is 0.280 e. The molecule has 16 aromatic heterocycles. The fraction of sp³-hybridized carbons (Fsp3) is 0.270. The molecule has 138 heavy (non-hydrogen) atoms. The molecule has 3 fully saturated rings. The van der Waals surface area contributed by atoms with Crippen molar-refractivity contribution in [3.05, 3.63) is 259 Å². The number of aryl methyl sites for hydroxylation is 2. The SMILES string of the molecule is CNc1cc(Nc2cccn(-c3ccc(C)nn3)c2=O)nn2c(C(=O)N[C@@H]3C[C@@H]3F)cnc12.CNc1cc(Nc2cccn(-c3ccc(C)nn3)c2=O)nn2c(C(=O)N[C@@H]3C[C@@H]3F)cnc12.CNc1cc(Nc2cccn(-c3cncc(C#N)n3)c2=O)nn2c(C(=O)NCC(C)(C)CO)cnc12.CNc1cc(Nc2cccn(-c3cnccn3)c2=O)nn2c(C(=O)NC3CCC(O)C3(C)C)cnc12. The summed E-state index contributed by atoms with van der Waals surface area (Å²) >= 11 is 0. The molecule has 0 bridgehead atoms. The number of carbonyl (C=O) groups is 4. The molecule has 3 saturated carbocycles. The molecule has 2 unspecified atom stereocenters. The second kappa shape index (κ2) is 39.5. The number of nitrogens with zero attached hydrogens (tertiary/aromatic N) is 25. The summed E-state index contributed by atoms with van der Waals surface area (Å²) in [5, 5.41) is 98.0. The lowest BCUT2D eigenvalue weighted by molar-refractivity contribution is 0.0601. The minimum atomic E-state index is -1.02. The number of hydrogen-bond donors (Lipinski definition) is 14. The van der Waals surface area contributed by atoms with Gasteiger partial charge in [-0.25, -0.2) is 56.7 Å². The average Bonchev–Trinajstić information content (AvgIpc) is 1.63. The van der Waals surface area contributed by atoms with E-state index >= 15 is 0 Å². The number of halogens is 2. The number of aliphatic hydroxyl groups is 2. The molecule has 47 nitrogen and oxygen atoms in total. The Morgan fingerprint density at radius 2 is 0.826 bits per heavy atom. The third kappa shape index (κ3) is 20.1. The van der Waals surface area contributed by atoms with Crippen molar-refractivity contribution in [1.29, 1.82) is 5.26 Å². The van der Waals surface area contributed by atoms with Gasteiger partial charge in [-0.15, -0.1) is 30.6 Å². The molecule has 16 heterocycles. The summed E-state index contributed by atoms with van der Waals surface area (Å²) in [4.78, 5) is 137. The van der Waals surface area contributed by atoms with E-state index in [1.807, 2.05) is 47.6 Å². The minimum absolute atomic E-state index is 0.0804. The van der Waals surface area contributed by atoms with Crippen LogP contribution >= 0.6 is 0 Å². The van der Waals surface area contributed by atoms with Crippen LogP contribution in [0.4, 0.5) is 77.6 Å². The van der Waals surface area contributed by atoms with E-state index in [1.165, 1.54) is 98.3 Å². The van der Waals surface area contributed by atoms with Crippen LogP contribution in [-0.2, 0) is 0 Å². The summed E-state index contributed by atoms with van der Waals surface area (Å²) in [6.45, 7) is 11.3. The number of hydrogen-bond acceptors (Lipinski definition) is 35. The molecular formula is C89H91F2N37O10. The maximum absolute atomic E-state index is 13.2. The van der Waals surface area contributed by atoms with E-state index in [9.17, 15) is 57.4 Å². The fourth-order valence-corrected chi connectivity index (χ4v) is 14.5. The molecule has 706 valence electrons. The van der Waals surface area contributed by atoms with Crippen LogP contribution in [0.5, 0.6) is 0 Å². The number of pyridine rings is 4. The number of rotatable bonds is 26. The van der Waals surface area contributed by atoms with Crippen LogP contribution in [0, 0.1) is 36.0 Å². The van der Waals surface area contributed by atoms with Gasteiger partial charge in [0.2, 0.25) is 0 Å². The third-order valence-electron chi connectivity index (χ3n) is 22.6. The second-order valence-corrected chi connectivity index (χ2v) is 33.3. The predicted molar refractivity (Wildman–Crippen MR) is 503 cm³/mol. The Morgan fingerprint density at radius 3 is 1.15 bits per heavy atom. The number of aromatic nitrogens is 24. The molecule has 16 aromatic rings. The van der Waals surface area contributed by atoms with Gasteiger partial charge in [-0.3, -0.25) is 66.6 Å². The van der Waals surface area contributed by atoms with Crippen molar-refractivity contribution in [2.45, 2.75) is 104 Å². The summed E-state index contributed by atoms with van der Waals surface area (Å²) < 4.78 is 37.3. The second-order valence-electron chi connectivity index (χ2n) is 33.3. The maximum Gasteiger partial charge on any atom is 0.280 e. The number of anilines is 12. The Kier molecular flexibility index (Phi) is 26.7. The van der Waals surface area contributed by atoms with Gasteiger partial charge >= 0.3 is 0 Å². The first-order valence-corrected chi connectivity index (χ1v) is 43.0. The highest BCUT2D eigenvalue weighted by Crippen LogP contribution is 2.38. The van der Waals surface area contributed by atoms with Crippen LogP contribution in [0.15, 0.2) is 197 Å². The van der Waals surface area contributed by atoms with Gasteiger partial charge in [0.25, 0.3) is 45.9 Å². The highest BCUT2D eigenvalue weighted by Gasteiger charge is 2.44. The van der Waals surface area contributed by atoms with Crippen LogP contribution in [0.2, 0.25) is 0 Å². The molecule has 6 atom stereocenters. The molecule has 0 spiro atoms. The number of carbonyl (C=O) groups excluding carboxylic acids is 4. The zero-order valence-corrected chi connectivity index (χ0v) is 75.5. The van der Waals surface area contributed by atoms with E-state index in [1.54, 1.807) is 144 Å².